The second kappa shape index (κ2) is 8.95. The molecule has 2 atom stereocenters. The average molecular weight is 466 g/mol. The van der Waals surface area contributed by atoms with E-state index in [2.05, 4.69) is 10.3 Å². The predicted molar refractivity (Wildman–Crippen MR) is 108 cm³/mol. The standard InChI is InChI=1S/C21H17F3N2O5S/c1-11-16(19(27)28)17(12-6-2-3-7-13(12)21(22,23)24)18(20(29)30)14(26-11)10-32(31)15-8-4-5-9-25-15/h2-9,17,26H,10H2,1H3,(H,27,28)(H,29,30). The molecule has 0 saturated heterocycles. The third kappa shape index (κ3) is 4.57. The number of alkyl halides is 3. The van der Waals surface area contributed by atoms with Crippen LogP contribution in [0.15, 0.2) is 76.2 Å². The van der Waals surface area contributed by atoms with Gasteiger partial charge >= 0.3 is 18.1 Å². The monoisotopic (exact) mass is 466 g/mol. The lowest BCUT2D eigenvalue weighted by atomic mass is 9.78. The fourth-order valence-electron chi connectivity index (χ4n) is 3.55. The molecule has 2 unspecified atom stereocenters. The number of aromatic nitrogens is 1. The normalized spacial score (nSPS) is 17.7. The Morgan fingerprint density at radius 3 is 2.25 bits per heavy atom. The van der Waals surface area contributed by atoms with Crippen LogP contribution in [0.4, 0.5) is 13.2 Å². The number of hydrogen-bond acceptors (Lipinski definition) is 5. The van der Waals surface area contributed by atoms with Crippen LogP contribution >= 0.6 is 0 Å². The molecule has 0 saturated carbocycles. The zero-order valence-corrected chi connectivity index (χ0v) is 17.3. The number of nitrogens with one attached hydrogen (secondary N) is 1. The van der Waals surface area contributed by atoms with Gasteiger partial charge < -0.3 is 15.5 Å². The molecule has 0 bridgehead atoms. The van der Waals surface area contributed by atoms with E-state index in [9.17, 15) is 37.2 Å². The van der Waals surface area contributed by atoms with Crippen molar-refractivity contribution in [3.8, 4) is 0 Å². The van der Waals surface area contributed by atoms with Crippen LogP contribution in [-0.2, 0) is 26.6 Å². The van der Waals surface area contributed by atoms with Crippen molar-refractivity contribution in [3.05, 3.63) is 82.3 Å². The Bertz CT molecular complexity index is 1160. The SMILES string of the molecule is CC1=C(C(=O)O)C(c2ccccc2C(F)(F)F)C(C(=O)O)=C(CS(=O)c2ccccn2)N1. The van der Waals surface area contributed by atoms with Crippen LogP contribution in [0.5, 0.6) is 0 Å². The van der Waals surface area contributed by atoms with Crippen molar-refractivity contribution in [2.75, 3.05) is 5.75 Å². The largest absolute Gasteiger partial charge is 0.478 e. The zero-order chi connectivity index (χ0) is 23.6. The van der Waals surface area contributed by atoms with Crippen molar-refractivity contribution in [3.63, 3.8) is 0 Å². The van der Waals surface area contributed by atoms with Crippen molar-refractivity contribution in [1.29, 1.82) is 0 Å². The molecule has 0 aliphatic carbocycles. The maximum atomic E-state index is 13.7. The van der Waals surface area contributed by atoms with Crippen LogP contribution in [-0.4, -0.2) is 37.1 Å². The highest BCUT2D eigenvalue weighted by Gasteiger charge is 2.43. The number of carboxylic acids is 2. The average Bonchev–Trinajstić information content (AvgIpc) is 2.72. The van der Waals surface area contributed by atoms with E-state index in [0.29, 0.717) is 0 Å². The third-order valence-electron chi connectivity index (χ3n) is 4.83. The van der Waals surface area contributed by atoms with Crippen LogP contribution in [0.3, 0.4) is 0 Å². The first-order valence-electron chi connectivity index (χ1n) is 9.15. The molecule has 3 N–H and O–H groups in total. The van der Waals surface area contributed by atoms with Gasteiger partial charge in [-0.05, 0) is 30.7 Å². The summed E-state index contributed by atoms with van der Waals surface area (Å²) >= 11 is 0. The fraction of sp³-hybridized carbons (Fsp3) is 0.190. The summed E-state index contributed by atoms with van der Waals surface area (Å²) in [5.74, 6) is -5.34. The van der Waals surface area contributed by atoms with Crippen molar-refractivity contribution in [2.24, 2.45) is 0 Å². The molecule has 2 aromatic rings. The Kier molecular flexibility index (Phi) is 6.49. The van der Waals surface area contributed by atoms with Crippen LogP contribution in [0.2, 0.25) is 0 Å². The summed E-state index contributed by atoms with van der Waals surface area (Å²) in [5, 5.41) is 22.4. The van der Waals surface area contributed by atoms with Crippen molar-refractivity contribution >= 4 is 22.7 Å². The van der Waals surface area contributed by atoms with Crippen LogP contribution in [0.25, 0.3) is 0 Å². The highest BCUT2D eigenvalue weighted by molar-refractivity contribution is 7.85. The minimum atomic E-state index is -4.85. The molecule has 1 aliphatic heterocycles. The fourth-order valence-corrected chi connectivity index (χ4v) is 4.60. The second-order valence-corrected chi connectivity index (χ2v) is 8.24. The number of benzene rings is 1. The number of aliphatic carboxylic acids is 2. The summed E-state index contributed by atoms with van der Waals surface area (Å²) in [6.45, 7) is 1.31. The molecule has 0 radical (unpaired) electrons. The lowest BCUT2D eigenvalue weighted by molar-refractivity contribution is -0.139. The van der Waals surface area contributed by atoms with E-state index in [-0.39, 0.29) is 16.4 Å². The topological polar surface area (TPSA) is 117 Å². The maximum absolute atomic E-state index is 13.7. The van der Waals surface area contributed by atoms with Crippen LogP contribution in [0, 0.1) is 0 Å². The Hall–Kier alpha value is -3.47. The highest BCUT2D eigenvalue weighted by Crippen LogP contribution is 2.44. The van der Waals surface area contributed by atoms with Crippen molar-refractivity contribution < 1.29 is 37.2 Å². The number of pyridine rings is 1. The molecule has 0 amide bonds. The molecule has 7 nitrogen and oxygen atoms in total. The molecule has 0 fully saturated rings. The van der Waals surface area contributed by atoms with Gasteiger partial charge in [-0.2, -0.15) is 13.2 Å². The molecular weight excluding hydrogens is 449 g/mol. The first-order valence-corrected chi connectivity index (χ1v) is 10.5. The summed E-state index contributed by atoms with van der Waals surface area (Å²) in [4.78, 5) is 28.1. The number of dihydropyridines is 1. The smallest absolute Gasteiger partial charge is 0.416 e. The molecule has 3 rings (SSSR count). The summed E-state index contributed by atoms with van der Waals surface area (Å²) in [5.41, 5.74) is -3.01. The summed E-state index contributed by atoms with van der Waals surface area (Å²) in [6.07, 6.45) is -3.45. The minimum absolute atomic E-state index is 0.0440. The number of halogens is 3. The number of allylic oxidation sites excluding steroid dienone is 1. The third-order valence-corrected chi connectivity index (χ3v) is 6.09. The number of hydrogen-bond donors (Lipinski definition) is 3. The first-order chi connectivity index (χ1) is 15.0. The molecule has 1 aromatic carbocycles. The molecule has 2 heterocycles. The summed E-state index contributed by atoms with van der Waals surface area (Å²) in [6, 6.07) is 8.84. The first kappa shape index (κ1) is 23.2. The van der Waals surface area contributed by atoms with Gasteiger partial charge in [-0.1, -0.05) is 24.3 Å². The van der Waals surface area contributed by atoms with Gasteiger partial charge in [0.05, 0.1) is 39.2 Å². The Morgan fingerprint density at radius 1 is 1.06 bits per heavy atom. The summed E-state index contributed by atoms with van der Waals surface area (Å²) in [7, 11) is -1.84. The van der Waals surface area contributed by atoms with E-state index >= 15 is 0 Å². The minimum Gasteiger partial charge on any atom is -0.478 e. The quantitative estimate of drug-likeness (QED) is 0.598. The highest BCUT2D eigenvalue weighted by atomic mass is 32.2. The van der Waals surface area contributed by atoms with Crippen LogP contribution < -0.4 is 5.32 Å². The lowest BCUT2D eigenvalue weighted by Crippen LogP contribution is -2.34. The Morgan fingerprint density at radius 2 is 1.69 bits per heavy atom. The van der Waals surface area contributed by atoms with E-state index in [1.54, 1.807) is 12.1 Å². The van der Waals surface area contributed by atoms with Crippen molar-refractivity contribution in [2.45, 2.75) is 24.0 Å². The number of carbonyl (C=O) groups is 2. The van der Waals surface area contributed by atoms with E-state index < -0.39 is 62.9 Å². The van der Waals surface area contributed by atoms with Gasteiger partial charge in [0.25, 0.3) is 0 Å². The van der Waals surface area contributed by atoms with E-state index in [4.69, 9.17) is 0 Å². The van der Waals surface area contributed by atoms with E-state index in [0.717, 1.165) is 18.2 Å². The predicted octanol–water partition coefficient (Wildman–Crippen LogP) is 3.29. The number of carboxylic acid groups (broad SMARTS) is 2. The van der Waals surface area contributed by atoms with Crippen LogP contribution in [0.1, 0.15) is 24.0 Å². The lowest BCUT2D eigenvalue weighted by Gasteiger charge is -2.31. The molecule has 168 valence electrons. The van der Waals surface area contributed by atoms with Gasteiger partial charge in [0, 0.05) is 17.6 Å². The molecule has 1 aliphatic rings. The second-order valence-electron chi connectivity index (χ2n) is 6.84. The summed E-state index contributed by atoms with van der Waals surface area (Å²) < 4.78 is 53.8. The molecule has 1 aromatic heterocycles. The van der Waals surface area contributed by atoms with Gasteiger partial charge in [-0.25, -0.2) is 14.6 Å². The van der Waals surface area contributed by atoms with Gasteiger partial charge in [0.2, 0.25) is 0 Å². The molecule has 32 heavy (non-hydrogen) atoms. The van der Waals surface area contributed by atoms with Gasteiger partial charge in [-0.15, -0.1) is 0 Å². The van der Waals surface area contributed by atoms with E-state index in [1.165, 1.54) is 25.3 Å². The van der Waals surface area contributed by atoms with Gasteiger partial charge in [0.1, 0.15) is 5.03 Å². The Labute approximate surface area is 182 Å². The zero-order valence-electron chi connectivity index (χ0n) is 16.5. The number of rotatable bonds is 6. The van der Waals surface area contributed by atoms with Gasteiger partial charge in [0.15, 0.2) is 0 Å². The maximum Gasteiger partial charge on any atom is 0.416 e. The van der Waals surface area contributed by atoms with Gasteiger partial charge in [-0.3, -0.25) is 4.21 Å². The Balaban J connectivity index is 2.23. The van der Waals surface area contributed by atoms with Crippen molar-refractivity contribution in [1.82, 2.24) is 10.3 Å². The number of nitrogens with zero attached hydrogens (tertiary/aromatic N) is 1. The molecule has 0 spiro atoms. The molecular formula is C21H17F3N2O5S. The molecule has 11 heteroatoms. The van der Waals surface area contributed by atoms with E-state index in [1.807, 2.05) is 0 Å².